The normalized spacial score (nSPS) is 11.5. The Hall–Kier alpha value is -2.89. The van der Waals surface area contributed by atoms with Crippen molar-refractivity contribution in [2.24, 2.45) is 0 Å². The Bertz CT molecular complexity index is 842. The minimum absolute atomic E-state index is 0.109. The molecule has 0 aromatic heterocycles. The topological polar surface area (TPSA) is 124 Å². The summed E-state index contributed by atoms with van der Waals surface area (Å²) < 4.78 is 68.0. The van der Waals surface area contributed by atoms with Gasteiger partial charge in [0.05, 0.1) is 0 Å². The van der Waals surface area contributed by atoms with Crippen molar-refractivity contribution < 1.29 is 50.0 Å². The van der Waals surface area contributed by atoms with Crippen LogP contribution < -0.4 is 8.92 Å². The van der Waals surface area contributed by atoms with Gasteiger partial charge in [-0.25, -0.2) is 4.79 Å². The highest BCUT2D eigenvalue weighted by Gasteiger charge is 2.48. The molecule has 0 unspecified atom stereocenters. The van der Waals surface area contributed by atoms with Crippen LogP contribution in [0.15, 0.2) is 30.9 Å². The Balaban J connectivity index is 3.05. The molecule has 0 radical (unpaired) electrons. The van der Waals surface area contributed by atoms with Gasteiger partial charge < -0.3 is 14.0 Å². The molecule has 0 spiro atoms. The number of halogens is 3. The second-order valence-electron chi connectivity index (χ2n) is 4.62. The van der Waals surface area contributed by atoms with Gasteiger partial charge in [-0.1, -0.05) is 6.08 Å². The average Bonchev–Trinajstić information content (AvgIpc) is 2.48. The quantitative estimate of drug-likeness (QED) is 0.134. The predicted molar refractivity (Wildman–Crippen MR) is 78.8 cm³/mol. The zero-order chi connectivity index (χ0) is 20.1. The molecule has 142 valence electrons. The number of hydrogen-bond acceptors (Lipinski definition) is 7. The standard InChI is InChI=1S/C14H11F3O8S/c1-2-3-8-6-9(24-12(19)7-10(18)13(20)21)4-5-11(8)25-26(22,23)14(15,16)17/h2,4-6H,1,3,7H2,(H,20,21). The van der Waals surface area contributed by atoms with Crippen molar-refractivity contribution in [2.75, 3.05) is 0 Å². The lowest BCUT2D eigenvalue weighted by molar-refractivity contribution is -0.152. The van der Waals surface area contributed by atoms with Gasteiger partial charge in [0.2, 0.25) is 0 Å². The number of carbonyl (C=O) groups excluding carboxylic acids is 2. The zero-order valence-corrected chi connectivity index (χ0v) is 13.6. The number of aliphatic carboxylic acids is 1. The van der Waals surface area contributed by atoms with Crippen molar-refractivity contribution in [3.05, 3.63) is 36.4 Å². The molecule has 0 saturated heterocycles. The van der Waals surface area contributed by atoms with Gasteiger partial charge in [0.1, 0.15) is 17.9 Å². The highest BCUT2D eigenvalue weighted by atomic mass is 32.2. The summed E-state index contributed by atoms with van der Waals surface area (Å²) in [6, 6.07) is 2.72. The molecular formula is C14H11F3O8S. The number of rotatable bonds is 8. The SMILES string of the molecule is C=CCc1cc(OC(=O)CC(=O)C(=O)O)ccc1OS(=O)(=O)C(F)(F)F. The monoisotopic (exact) mass is 396 g/mol. The van der Waals surface area contributed by atoms with Crippen LogP contribution in [0, 0.1) is 0 Å². The largest absolute Gasteiger partial charge is 0.534 e. The number of benzene rings is 1. The van der Waals surface area contributed by atoms with Crippen molar-refractivity contribution in [1.82, 2.24) is 0 Å². The molecule has 0 heterocycles. The van der Waals surface area contributed by atoms with Crippen LogP contribution in [0.1, 0.15) is 12.0 Å². The van der Waals surface area contributed by atoms with E-state index in [4.69, 9.17) is 5.11 Å². The number of esters is 1. The van der Waals surface area contributed by atoms with E-state index in [9.17, 15) is 36.0 Å². The van der Waals surface area contributed by atoms with Crippen LogP contribution in [-0.4, -0.2) is 36.8 Å². The first-order chi connectivity index (χ1) is 11.9. The van der Waals surface area contributed by atoms with Crippen LogP contribution >= 0.6 is 0 Å². The molecule has 0 saturated carbocycles. The number of hydrogen-bond donors (Lipinski definition) is 1. The highest BCUT2D eigenvalue weighted by Crippen LogP contribution is 2.31. The molecule has 0 amide bonds. The van der Waals surface area contributed by atoms with Crippen LogP contribution in [0.4, 0.5) is 13.2 Å². The Morgan fingerprint density at radius 3 is 2.35 bits per heavy atom. The number of allylic oxidation sites excluding steroid dienone is 1. The van der Waals surface area contributed by atoms with Crippen LogP contribution in [0.5, 0.6) is 11.5 Å². The third-order valence-electron chi connectivity index (χ3n) is 2.65. The van der Waals surface area contributed by atoms with E-state index in [1.54, 1.807) is 0 Å². The molecule has 8 nitrogen and oxygen atoms in total. The number of carboxylic acid groups (broad SMARTS) is 1. The van der Waals surface area contributed by atoms with Crippen molar-refractivity contribution in [3.8, 4) is 11.5 Å². The van der Waals surface area contributed by atoms with Gasteiger partial charge in [0.15, 0.2) is 0 Å². The minimum atomic E-state index is -5.90. The van der Waals surface area contributed by atoms with E-state index in [2.05, 4.69) is 15.5 Å². The van der Waals surface area contributed by atoms with E-state index < -0.39 is 45.5 Å². The van der Waals surface area contributed by atoms with Crippen molar-refractivity contribution in [2.45, 2.75) is 18.3 Å². The Morgan fingerprint density at radius 2 is 1.85 bits per heavy atom. The lowest BCUT2D eigenvalue weighted by atomic mass is 10.1. The molecule has 0 fully saturated rings. The van der Waals surface area contributed by atoms with Crippen molar-refractivity contribution >= 4 is 27.8 Å². The minimum Gasteiger partial charge on any atom is -0.475 e. The van der Waals surface area contributed by atoms with Gasteiger partial charge in [-0.3, -0.25) is 9.59 Å². The fourth-order valence-corrected chi connectivity index (χ4v) is 2.05. The molecule has 1 N–H and O–H groups in total. The average molecular weight is 396 g/mol. The summed E-state index contributed by atoms with van der Waals surface area (Å²) in [6.45, 7) is 3.35. The number of ketones is 1. The summed E-state index contributed by atoms with van der Waals surface area (Å²) >= 11 is 0. The molecular weight excluding hydrogens is 385 g/mol. The van der Waals surface area contributed by atoms with Crippen molar-refractivity contribution in [1.29, 1.82) is 0 Å². The van der Waals surface area contributed by atoms with Crippen LogP contribution in [0.2, 0.25) is 0 Å². The smallest absolute Gasteiger partial charge is 0.475 e. The number of carbonyl (C=O) groups is 3. The first-order valence-corrected chi connectivity index (χ1v) is 7.99. The predicted octanol–water partition coefficient (Wildman–Crippen LogP) is 1.59. The van der Waals surface area contributed by atoms with E-state index >= 15 is 0 Å². The van der Waals surface area contributed by atoms with Crippen LogP contribution in [-0.2, 0) is 30.9 Å². The van der Waals surface area contributed by atoms with Crippen LogP contribution in [0.3, 0.4) is 0 Å². The molecule has 1 rings (SSSR count). The Kier molecular flexibility index (Phi) is 6.50. The summed E-state index contributed by atoms with van der Waals surface area (Å²) in [4.78, 5) is 32.7. The fraction of sp³-hybridized carbons (Fsp3) is 0.214. The third-order valence-corrected chi connectivity index (χ3v) is 3.62. The molecule has 0 atom stereocenters. The first kappa shape index (κ1) is 21.2. The fourth-order valence-electron chi connectivity index (χ4n) is 1.56. The maximum absolute atomic E-state index is 12.4. The van der Waals surface area contributed by atoms with E-state index in [0.29, 0.717) is 0 Å². The lowest BCUT2D eigenvalue weighted by Gasteiger charge is -2.13. The molecule has 1 aromatic carbocycles. The van der Waals surface area contributed by atoms with Gasteiger partial charge in [-0.2, -0.15) is 21.6 Å². The van der Waals surface area contributed by atoms with Gasteiger partial charge in [0, 0.05) is 5.56 Å². The third kappa shape index (κ3) is 5.58. The van der Waals surface area contributed by atoms with Crippen molar-refractivity contribution in [3.63, 3.8) is 0 Å². The van der Waals surface area contributed by atoms with Crippen LogP contribution in [0.25, 0.3) is 0 Å². The van der Waals surface area contributed by atoms with Gasteiger partial charge in [-0.15, -0.1) is 6.58 Å². The summed E-state index contributed by atoms with van der Waals surface area (Å²) in [5.41, 5.74) is -5.75. The highest BCUT2D eigenvalue weighted by molar-refractivity contribution is 7.88. The van der Waals surface area contributed by atoms with Gasteiger partial charge in [-0.05, 0) is 24.6 Å². The summed E-state index contributed by atoms with van der Waals surface area (Å²) in [6.07, 6.45) is 0.0247. The molecule has 1 aromatic rings. The summed E-state index contributed by atoms with van der Waals surface area (Å²) in [7, 11) is -5.90. The Labute approximate surface area is 144 Å². The lowest BCUT2D eigenvalue weighted by Crippen LogP contribution is -2.28. The summed E-state index contributed by atoms with van der Waals surface area (Å²) in [5, 5.41) is 8.39. The van der Waals surface area contributed by atoms with Gasteiger partial charge in [0.25, 0.3) is 5.78 Å². The molecule has 12 heteroatoms. The second-order valence-corrected chi connectivity index (χ2v) is 6.16. The van der Waals surface area contributed by atoms with Gasteiger partial charge >= 0.3 is 27.6 Å². The van der Waals surface area contributed by atoms with E-state index in [0.717, 1.165) is 18.2 Å². The van der Waals surface area contributed by atoms with E-state index in [1.807, 2.05) is 0 Å². The maximum Gasteiger partial charge on any atom is 0.534 e. The summed E-state index contributed by atoms with van der Waals surface area (Å²) in [5.74, 6) is -5.41. The number of alkyl halides is 3. The molecule has 0 bridgehead atoms. The number of Topliss-reactive ketones (excluding diaryl/α,β-unsaturated/α-hetero) is 1. The molecule has 26 heavy (non-hydrogen) atoms. The number of carboxylic acids is 1. The maximum atomic E-state index is 12.4. The molecule has 0 aliphatic rings. The first-order valence-electron chi connectivity index (χ1n) is 6.58. The molecule has 0 aliphatic carbocycles. The van der Waals surface area contributed by atoms with E-state index in [-0.39, 0.29) is 17.7 Å². The Morgan fingerprint density at radius 1 is 1.23 bits per heavy atom. The zero-order valence-electron chi connectivity index (χ0n) is 12.8. The second kappa shape index (κ2) is 7.99. The molecule has 0 aliphatic heterocycles. The number of ether oxygens (including phenoxy) is 1. The van der Waals surface area contributed by atoms with E-state index in [1.165, 1.54) is 6.08 Å².